The van der Waals surface area contributed by atoms with Gasteiger partial charge in [-0.25, -0.2) is 18.5 Å². The van der Waals surface area contributed by atoms with Crippen molar-refractivity contribution >= 4 is 44.7 Å². The summed E-state index contributed by atoms with van der Waals surface area (Å²) in [6.07, 6.45) is 6.22. The van der Waals surface area contributed by atoms with Crippen molar-refractivity contribution in [3.63, 3.8) is 0 Å². The standard InChI is InChI=1S/C26H25Cl2N5O2S/c27-19-7-3-6-18(23(19)28)22-20(36(30,34)35)14-21(33-13-10-31-25(22)33)32-11-8-26(9-12-32)15-16-4-1-2-5-17(16)24(26)29/h1-7,10,13-14,24H,8-9,11-12,15,29H2,(H2,30,34,35)/t24-/m1/s1. The third-order valence-electron chi connectivity index (χ3n) is 7.82. The summed E-state index contributed by atoms with van der Waals surface area (Å²) in [6.45, 7) is 1.46. The Labute approximate surface area is 219 Å². The zero-order chi connectivity index (χ0) is 25.2. The Balaban J connectivity index is 1.43. The number of benzene rings is 2. The lowest BCUT2D eigenvalue weighted by Crippen LogP contribution is -2.45. The van der Waals surface area contributed by atoms with Crippen LogP contribution >= 0.6 is 23.2 Å². The van der Waals surface area contributed by atoms with E-state index in [1.807, 2.05) is 16.7 Å². The number of hydrogen-bond acceptors (Lipinski definition) is 5. The molecule has 7 nitrogen and oxygen atoms in total. The Kier molecular flexibility index (Phi) is 5.59. The van der Waals surface area contributed by atoms with Crippen LogP contribution in [0.1, 0.15) is 30.0 Å². The molecule has 1 aliphatic carbocycles. The summed E-state index contributed by atoms with van der Waals surface area (Å²) in [5, 5.41) is 6.29. The summed E-state index contributed by atoms with van der Waals surface area (Å²) < 4.78 is 27.5. The van der Waals surface area contributed by atoms with Crippen molar-refractivity contribution in [3.8, 4) is 11.1 Å². The van der Waals surface area contributed by atoms with E-state index in [0.29, 0.717) is 27.6 Å². The fourth-order valence-corrected chi connectivity index (χ4v) is 7.10. The largest absolute Gasteiger partial charge is 0.358 e. The summed E-state index contributed by atoms with van der Waals surface area (Å²) in [5.41, 5.74) is 10.6. The normalized spacial score (nSPS) is 19.2. The highest BCUT2D eigenvalue weighted by atomic mass is 35.5. The molecule has 1 aliphatic heterocycles. The number of sulfonamides is 1. The van der Waals surface area contributed by atoms with Gasteiger partial charge < -0.3 is 10.6 Å². The highest BCUT2D eigenvalue weighted by molar-refractivity contribution is 7.89. The predicted octanol–water partition coefficient (Wildman–Crippen LogP) is 4.80. The van der Waals surface area contributed by atoms with Crippen LogP contribution < -0.4 is 15.8 Å². The van der Waals surface area contributed by atoms with Crippen LogP contribution in [0.4, 0.5) is 5.82 Å². The second-order valence-electron chi connectivity index (χ2n) is 9.71. The number of halogens is 2. The lowest BCUT2D eigenvalue weighted by molar-refractivity contribution is 0.187. The molecule has 0 amide bonds. The summed E-state index contributed by atoms with van der Waals surface area (Å²) in [4.78, 5) is 6.65. The molecule has 0 bridgehead atoms. The van der Waals surface area contributed by atoms with Crippen molar-refractivity contribution in [3.05, 3.63) is 82.1 Å². The Morgan fingerprint density at radius 2 is 1.81 bits per heavy atom. The quantitative estimate of drug-likeness (QED) is 0.387. The zero-order valence-electron chi connectivity index (χ0n) is 19.4. The van der Waals surface area contributed by atoms with Crippen molar-refractivity contribution in [2.45, 2.75) is 30.2 Å². The van der Waals surface area contributed by atoms with Crippen LogP contribution in [-0.4, -0.2) is 30.9 Å². The summed E-state index contributed by atoms with van der Waals surface area (Å²) in [6, 6.07) is 15.1. The summed E-state index contributed by atoms with van der Waals surface area (Å²) in [7, 11) is -4.11. The Bertz CT molecular complexity index is 1610. The number of primary sulfonamides is 1. The first-order valence-electron chi connectivity index (χ1n) is 11.8. The topological polar surface area (TPSA) is 107 Å². The van der Waals surface area contributed by atoms with E-state index in [1.165, 1.54) is 11.1 Å². The van der Waals surface area contributed by atoms with Gasteiger partial charge in [-0.3, -0.25) is 4.40 Å². The van der Waals surface area contributed by atoms with Gasteiger partial charge in [0.1, 0.15) is 11.5 Å². The summed E-state index contributed by atoms with van der Waals surface area (Å²) in [5.74, 6) is 0.715. The molecule has 0 radical (unpaired) electrons. The number of nitrogens with zero attached hydrogens (tertiary/aromatic N) is 3. The van der Waals surface area contributed by atoms with E-state index in [1.54, 1.807) is 30.5 Å². The Morgan fingerprint density at radius 3 is 2.53 bits per heavy atom. The van der Waals surface area contributed by atoms with Gasteiger partial charge in [0.15, 0.2) is 0 Å². The number of rotatable bonds is 3. The van der Waals surface area contributed by atoms with Gasteiger partial charge in [-0.15, -0.1) is 0 Å². The van der Waals surface area contributed by atoms with Gasteiger partial charge in [-0.1, -0.05) is 59.6 Å². The molecule has 36 heavy (non-hydrogen) atoms. The molecular weight excluding hydrogens is 517 g/mol. The number of hydrogen-bond donors (Lipinski definition) is 2. The van der Waals surface area contributed by atoms with Gasteiger partial charge in [-0.05, 0) is 41.9 Å². The molecule has 3 heterocycles. The monoisotopic (exact) mass is 541 g/mol. The van der Waals surface area contributed by atoms with Gasteiger partial charge in [0.25, 0.3) is 0 Å². The third-order valence-corrected chi connectivity index (χ3v) is 9.57. The maximum atomic E-state index is 12.8. The van der Waals surface area contributed by atoms with E-state index >= 15 is 0 Å². The molecule has 1 fully saturated rings. The van der Waals surface area contributed by atoms with Gasteiger partial charge in [0.2, 0.25) is 10.0 Å². The average Bonchev–Trinajstić information content (AvgIpc) is 3.44. The minimum atomic E-state index is -4.11. The molecule has 0 saturated carbocycles. The molecule has 4 aromatic rings. The summed E-state index contributed by atoms with van der Waals surface area (Å²) >= 11 is 12.8. The molecule has 4 N–H and O–H groups in total. The molecule has 186 valence electrons. The third kappa shape index (κ3) is 3.63. The number of anilines is 1. The van der Waals surface area contributed by atoms with Crippen LogP contribution in [0.15, 0.2) is 65.8 Å². The lowest BCUT2D eigenvalue weighted by atomic mass is 9.73. The first-order chi connectivity index (χ1) is 17.2. The van der Waals surface area contributed by atoms with Crippen molar-refractivity contribution in [1.29, 1.82) is 0 Å². The molecule has 1 spiro atoms. The zero-order valence-corrected chi connectivity index (χ0v) is 21.7. The first kappa shape index (κ1) is 23.8. The number of pyridine rings is 1. The molecule has 1 saturated heterocycles. The lowest BCUT2D eigenvalue weighted by Gasteiger charge is -2.43. The van der Waals surface area contributed by atoms with Gasteiger partial charge in [0.05, 0.1) is 14.9 Å². The average molecular weight is 542 g/mol. The van der Waals surface area contributed by atoms with E-state index in [4.69, 9.17) is 34.1 Å². The van der Waals surface area contributed by atoms with Gasteiger partial charge in [-0.2, -0.15) is 0 Å². The van der Waals surface area contributed by atoms with Crippen LogP contribution in [0.2, 0.25) is 10.0 Å². The molecule has 6 rings (SSSR count). The number of imidazole rings is 1. The van der Waals surface area contributed by atoms with Crippen LogP contribution in [0.5, 0.6) is 0 Å². The van der Waals surface area contributed by atoms with E-state index in [9.17, 15) is 8.42 Å². The molecule has 0 unspecified atom stereocenters. The molecule has 2 aliphatic rings. The van der Waals surface area contributed by atoms with Crippen molar-refractivity contribution < 1.29 is 8.42 Å². The maximum Gasteiger partial charge on any atom is 0.238 e. The van der Waals surface area contributed by atoms with Gasteiger partial charge in [0, 0.05) is 48.7 Å². The molecule has 10 heteroatoms. The highest BCUT2D eigenvalue weighted by Crippen LogP contribution is 2.51. The van der Waals surface area contributed by atoms with E-state index in [0.717, 1.165) is 32.4 Å². The van der Waals surface area contributed by atoms with Crippen molar-refractivity contribution in [1.82, 2.24) is 9.38 Å². The van der Waals surface area contributed by atoms with E-state index < -0.39 is 10.0 Å². The predicted molar refractivity (Wildman–Crippen MR) is 143 cm³/mol. The van der Waals surface area contributed by atoms with Crippen molar-refractivity contribution in [2.75, 3.05) is 18.0 Å². The smallest absolute Gasteiger partial charge is 0.238 e. The fraction of sp³-hybridized carbons (Fsp3) is 0.269. The fourth-order valence-electron chi connectivity index (χ4n) is 5.95. The van der Waals surface area contributed by atoms with Crippen LogP contribution in [0, 0.1) is 5.41 Å². The second-order valence-corrected chi connectivity index (χ2v) is 12.0. The number of fused-ring (bicyclic) bond motifs is 2. The maximum absolute atomic E-state index is 12.8. The van der Waals surface area contributed by atoms with Crippen LogP contribution in [-0.2, 0) is 16.4 Å². The number of aromatic nitrogens is 2. The number of nitrogens with two attached hydrogens (primary N) is 2. The van der Waals surface area contributed by atoms with Crippen LogP contribution in [0.3, 0.4) is 0 Å². The minimum absolute atomic E-state index is 0.00329. The van der Waals surface area contributed by atoms with Gasteiger partial charge >= 0.3 is 0 Å². The molecular formula is C26H25Cl2N5O2S. The number of piperidine rings is 1. The second kappa shape index (κ2) is 8.46. The van der Waals surface area contributed by atoms with Crippen molar-refractivity contribution in [2.24, 2.45) is 16.3 Å². The SMILES string of the molecule is N[C@@H]1c2ccccc2CC12CCN(c1cc(S(N)(=O)=O)c(-c3cccc(Cl)c3Cl)c3nccn13)CC2. The Morgan fingerprint density at radius 1 is 1.06 bits per heavy atom. The Hall–Kier alpha value is -2.62. The highest BCUT2D eigenvalue weighted by Gasteiger charge is 2.46. The minimum Gasteiger partial charge on any atom is -0.358 e. The molecule has 2 aromatic carbocycles. The van der Waals surface area contributed by atoms with Crippen LogP contribution in [0.25, 0.3) is 16.8 Å². The van der Waals surface area contributed by atoms with E-state index in [-0.39, 0.29) is 21.4 Å². The molecule has 2 aromatic heterocycles. The first-order valence-corrected chi connectivity index (χ1v) is 14.1. The van der Waals surface area contributed by atoms with E-state index in [2.05, 4.69) is 28.1 Å². The molecule has 1 atom stereocenters.